The van der Waals surface area contributed by atoms with Gasteiger partial charge in [0, 0.05) is 5.92 Å². The van der Waals surface area contributed by atoms with Gasteiger partial charge in [-0.3, -0.25) is 4.79 Å². The van der Waals surface area contributed by atoms with E-state index in [2.05, 4.69) is 17.9 Å². The van der Waals surface area contributed by atoms with Gasteiger partial charge < -0.3 is 15.2 Å². The highest BCUT2D eigenvalue weighted by Crippen LogP contribution is 2.26. The quantitative estimate of drug-likeness (QED) is 0.396. The third kappa shape index (κ3) is 4.72. The van der Waals surface area contributed by atoms with E-state index in [1.165, 1.54) is 6.92 Å². The van der Waals surface area contributed by atoms with Gasteiger partial charge in [-0.15, -0.1) is 0 Å². The number of nitrogens with one attached hydrogen (secondary N) is 1. The summed E-state index contributed by atoms with van der Waals surface area (Å²) < 4.78 is 5.07. The van der Waals surface area contributed by atoms with Gasteiger partial charge in [0.25, 0.3) is 0 Å². The predicted molar refractivity (Wildman–Crippen MR) is 90.4 cm³/mol. The lowest BCUT2D eigenvalue weighted by molar-refractivity contribution is -0.151. The van der Waals surface area contributed by atoms with Crippen LogP contribution in [0.5, 0.6) is 0 Å². The molecule has 0 saturated carbocycles. The van der Waals surface area contributed by atoms with Gasteiger partial charge in [0.05, 0.1) is 12.7 Å². The van der Waals surface area contributed by atoms with Crippen LogP contribution in [-0.4, -0.2) is 41.5 Å². The Morgan fingerprint density at radius 1 is 1.35 bits per heavy atom. The number of carbonyl (C=O) groups excluding carboxylic acids is 2. The second kappa shape index (κ2) is 8.36. The van der Waals surface area contributed by atoms with Gasteiger partial charge in [0.1, 0.15) is 0 Å². The van der Waals surface area contributed by atoms with Crippen LogP contribution in [0.3, 0.4) is 0 Å². The molecule has 2 rings (SSSR count). The number of carbonyl (C=O) groups is 2. The van der Waals surface area contributed by atoms with Gasteiger partial charge in [-0.25, -0.2) is 4.79 Å². The Hall–Kier alpha value is -1.53. The molecule has 2 atom stereocenters. The number of rotatable bonds is 7. The molecular weight excluding hydrogens is 314 g/mol. The van der Waals surface area contributed by atoms with Gasteiger partial charge in [-0.05, 0) is 43.1 Å². The van der Waals surface area contributed by atoms with Gasteiger partial charge in [0.15, 0.2) is 6.04 Å². The molecule has 1 aliphatic carbocycles. The zero-order chi connectivity index (χ0) is 16.8. The Bertz CT molecular complexity index is 536. The molecule has 0 bridgehead atoms. The van der Waals surface area contributed by atoms with Crippen molar-refractivity contribution < 1.29 is 19.4 Å². The normalized spacial score (nSPS) is 16.5. The molecule has 1 aromatic rings. The van der Waals surface area contributed by atoms with Gasteiger partial charge >= 0.3 is 5.97 Å². The third-order valence-electron chi connectivity index (χ3n) is 4.00. The second-order valence-electron chi connectivity index (χ2n) is 5.85. The number of amides is 1. The van der Waals surface area contributed by atoms with Gasteiger partial charge in [-0.1, -0.05) is 24.3 Å². The lowest BCUT2D eigenvalue weighted by Gasteiger charge is -2.21. The summed E-state index contributed by atoms with van der Waals surface area (Å²) in [6.45, 7) is 1.70. The Labute approximate surface area is 141 Å². The van der Waals surface area contributed by atoms with E-state index in [1.54, 1.807) is 0 Å². The monoisotopic (exact) mass is 337 g/mol. The number of benzene rings is 1. The van der Waals surface area contributed by atoms with Crippen LogP contribution in [0.1, 0.15) is 24.5 Å². The first-order chi connectivity index (χ1) is 11.0. The lowest BCUT2D eigenvalue weighted by Crippen LogP contribution is -2.50. The third-order valence-corrected chi connectivity index (χ3v) is 4.32. The Morgan fingerprint density at radius 2 is 1.96 bits per heavy atom. The maximum absolute atomic E-state index is 12.4. The number of aliphatic hydroxyl groups excluding tert-OH is 1. The highest BCUT2D eigenvalue weighted by atomic mass is 32.1. The average Bonchev–Trinajstić information content (AvgIpc) is 2.96. The zero-order valence-electron chi connectivity index (χ0n) is 13.2. The minimum absolute atomic E-state index is 0.209. The fraction of sp³-hybridized carbons (Fsp3) is 0.529. The molecule has 1 aromatic carbocycles. The first-order valence-corrected chi connectivity index (χ1v) is 8.49. The Balaban J connectivity index is 1.93. The number of hydrogen-bond donors (Lipinski definition) is 3. The second-order valence-corrected chi connectivity index (χ2v) is 6.29. The number of aliphatic hydroxyl groups is 1. The number of esters is 1. The SMILES string of the molecule is CC(O)C(NC(=O)C1Cc2ccccc2C1)C(=O)OCCCS. The molecule has 5 nitrogen and oxygen atoms in total. The van der Waals surface area contributed by atoms with Crippen molar-refractivity contribution in [2.24, 2.45) is 5.92 Å². The maximum Gasteiger partial charge on any atom is 0.331 e. The molecule has 0 fully saturated rings. The van der Waals surface area contributed by atoms with Crippen LogP contribution in [0.25, 0.3) is 0 Å². The highest BCUT2D eigenvalue weighted by molar-refractivity contribution is 7.80. The molecule has 0 saturated heterocycles. The summed E-state index contributed by atoms with van der Waals surface area (Å²) in [6.07, 6.45) is 0.936. The molecule has 1 amide bonds. The van der Waals surface area contributed by atoms with Gasteiger partial charge in [-0.2, -0.15) is 12.6 Å². The van der Waals surface area contributed by atoms with E-state index in [0.717, 1.165) is 11.1 Å². The number of ether oxygens (including phenoxy) is 1. The summed E-state index contributed by atoms with van der Waals surface area (Å²) in [4.78, 5) is 24.4. The fourth-order valence-corrected chi connectivity index (χ4v) is 2.85. The average molecular weight is 337 g/mol. The molecule has 0 radical (unpaired) electrons. The minimum Gasteiger partial charge on any atom is -0.464 e. The van der Waals surface area contributed by atoms with Crippen molar-refractivity contribution in [1.82, 2.24) is 5.32 Å². The molecule has 2 N–H and O–H groups in total. The van der Waals surface area contributed by atoms with Crippen LogP contribution >= 0.6 is 12.6 Å². The van der Waals surface area contributed by atoms with Crippen LogP contribution < -0.4 is 5.32 Å². The van der Waals surface area contributed by atoms with Crippen molar-refractivity contribution in [3.63, 3.8) is 0 Å². The lowest BCUT2D eigenvalue weighted by atomic mass is 10.0. The molecular formula is C17H23NO4S. The highest BCUT2D eigenvalue weighted by Gasteiger charge is 2.32. The van der Waals surface area contributed by atoms with Gasteiger partial charge in [0.2, 0.25) is 5.91 Å². The predicted octanol–water partition coefficient (Wildman–Crippen LogP) is 1.13. The first kappa shape index (κ1) is 17.8. The fourth-order valence-electron chi connectivity index (χ4n) is 2.72. The molecule has 0 spiro atoms. The van der Waals surface area contributed by atoms with Crippen molar-refractivity contribution >= 4 is 24.5 Å². The van der Waals surface area contributed by atoms with Crippen LogP contribution in [0.4, 0.5) is 0 Å². The van der Waals surface area contributed by atoms with Crippen molar-refractivity contribution in [2.75, 3.05) is 12.4 Å². The molecule has 0 aliphatic heterocycles. The molecule has 2 unspecified atom stereocenters. The van der Waals surface area contributed by atoms with Crippen molar-refractivity contribution in [1.29, 1.82) is 0 Å². The maximum atomic E-state index is 12.4. The summed E-state index contributed by atoms with van der Waals surface area (Å²) >= 11 is 4.04. The summed E-state index contributed by atoms with van der Waals surface area (Å²) in [5.41, 5.74) is 2.33. The molecule has 6 heteroatoms. The van der Waals surface area contributed by atoms with Crippen molar-refractivity contribution in [3.8, 4) is 0 Å². The summed E-state index contributed by atoms with van der Waals surface area (Å²) in [6, 6.07) is 6.90. The summed E-state index contributed by atoms with van der Waals surface area (Å²) in [5.74, 6) is -0.429. The van der Waals surface area contributed by atoms with Crippen LogP contribution in [0.15, 0.2) is 24.3 Å². The largest absolute Gasteiger partial charge is 0.464 e. The van der Waals surface area contributed by atoms with E-state index in [1.807, 2.05) is 24.3 Å². The van der Waals surface area contributed by atoms with E-state index >= 15 is 0 Å². The van der Waals surface area contributed by atoms with E-state index in [-0.39, 0.29) is 18.4 Å². The zero-order valence-corrected chi connectivity index (χ0v) is 14.1. The first-order valence-electron chi connectivity index (χ1n) is 7.85. The molecule has 126 valence electrons. The Kier molecular flexibility index (Phi) is 6.47. The number of fused-ring (bicyclic) bond motifs is 1. The Morgan fingerprint density at radius 3 is 2.48 bits per heavy atom. The smallest absolute Gasteiger partial charge is 0.331 e. The van der Waals surface area contributed by atoms with E-state index in [9.17, 15) is 14.7 Å². The van der Waals surface area contributed by atoms with Crippen LogP contribution in [0.2, 0.25) is 0 Å². The standard InChI is InChI=1S/C17H23NO4S/c1-11(19)15(17(21)22-7-4-8-23)18-16(20)14-9-12-5-2-3-6-13(12)10-14/h2-3,5-6,11,14-15,19,23H,4,7-10H2,1H3,(H,18,20). The molecule has 0 heterocycles. The van der Waals surface area contributed by atoms with Crippen molar-refractivity contribution in [3.05, 3.63) is 35.4 Å². The van der Waals surface area contributed by atoms with E-state index in [0.29, 0.717) is 25.0 Å². The minimum atomic E-state index is -1.04. The summed E-state index contributed by atoms with van der Waals surface area (Å²) in [5, 5.41) is 12.4. The number of thiol groups is 1. The number of hydrogen-bond acceptors (Lipinski definition) is 5. The topological polar surface area (TPSA) is 75.6 Å². The molecule has 0 aromatic heterocycles. The molecule has 23 heavy (non-hydrogen) atoms. The van der Waals surface area contributed by atoms with E-state index in [4.69, 9.17) is 4.74 Å². The van der Waals surface area contributed by atoms with Crippen molar-refractivity contribution in [2.45, 2.75) is 38.3 Å². The van der Waals surface area contributed by atoms with Crippen LogP contribution in [-0.2, 0) is 27.2 Å². The summed E-state index contributed by atoms with van der Waals surface area (Å²) in [7, 11) is 0. The van der Waals surface area contributed by atoms with Crippen LogP contribution in [0, 0.1) is 5.92 Å². The van der Waals surface area contributed by atoms with E-state index < -0.39 is 18.1 Å². The molecule has 1 aliphatic rings.